The molecule has 0 fully saturated rings. The summed E-state index contributed by atoms with van der Waals surface area (Å²) in [6, 6.07) is 0.444. The molecule has 1 unspecified atom stereocenters. The highest BCUT2D eigenvalue weighted by molar-refractivity contribution is 7.05. The Morgan fingerprint density at radius 3 is 2.69 bits per heavy atom. The van der Waals surface area contributed by atoms with Crippen LogP contribution in [0.5, 0.6) is 0 Å². The zero-order valence-electron chi connectivity index (χ0n) is 8.50. The number of aromatic nitrogens is 2. The Balaban J connectivity index is 2.61. The second-order valence-corrected chi connectivity index (χ2v) is 3.92. The van der Waals surface area contributed by atoms with Gasteiger partial charge in [0.2, 0.25) is 0 Å². The maximum absolute atomic E-state index is 4.02. The summed E-state index contributed by atoms with van der Waals surface area (Å²) in [5.41, 5.74) is 1.07. The maximum atomic E-state index is 4.02. The fraction of sp³-hybridized carbons (Fsp3) is 0.778. The number of rotatable bonds is 5. The lowest BCUT2D eigenvalue weighted by Gasteiger charge is -2.14. The van der Waals surface area contributed by atoms with E-state index in [2.05, 4.69) is 28.8 Å². The zero-order chi connectivity index (χ0) is 9.68. The fourth-order valence-corrected chi connectivity index (χ4v) is 2.10. The van der Waals surface area contributed by atoms with Crippen molar-refractivity contribution in [3.8, 4) is 0 Å². The molecule has 13 heavy (non-hydrogen) atoms. The standard InChI is InChI=1S/C9H17N3S/c1-4-6-10-8(5-2)9-7(3)11-12-13-9/h8,10H,4-6H2,1-3H3. The van der Waals surface area contributed by atoms with Crippen molar-refractivity contribution < 1.29 is 0 Å². The van der Waals surface area contributed by atoms with Crippen molar-refractivity contribution in [2.45, 2.75) is 39.7 Å². The van der Waals surface area contributed by atoms with Crippen molar-refractivity contribution in [3.63, 3.8) is 0 Å². The van der Waals surface area contributed by atoms with E-state index in [9.17, 15) is 0 Å². The van der Waals surface area contributed by atoms with Crippen molar-refractivity contribution >= 4 is 11.5 Å². The third kappa shape index (κ3) is 2.74. The summed E-state index contributed by atoms with van der Waals surface area (Å²) in [4.78, 5) is 1.29. The van der Waals surface area contributed by atoms with Crippen LogP contribution in [0.2, 0.25) is 0 Å². The first-order chi connectivity index (χ1) is 6.29. The fourth-order valence-electron chi connectivity index (χ4n) is 1.30. The molecule has 0 spiro atoms. The molecule has 0 aliphatic heterocycles. The first-order valence-electron chi connectivity index (χ1n) is 4.81. The molecule has 0 bridgehead atoms. The van der Waals surface area contributed by atoms with Crippen LogP contribution in [-0.4, -0.2) is 16.1 Å². The van der Waals surface area contributed by atoms with Gasteiger partial charge in [-0.3, -0.25) is 0 Å². The molecule has 0 radical (unpaired) electrons. The first kappa shape index (κ1) is 10.6. The van der Waals surface area contributed by atoms with Crippen LogP contribution in [0, 0.1) is 6.92 Å². The van der Waals surface area contributed by atoms with E-state index < -0.39 is 0 Å². The minimum Gasteiger partial charge on any atom is -0.309 e. The molecule has 1 rings (SSSR count). The van der Waals surface area contributed by atoms with E-state index in [4.69, 9.17) is 0 Å². The molecule has 1 aromatic rings. The molecule has 0 saturated heterocycles. The summed E-state index contributed by atoms with van der Waals surface area (Å²) < 4.78 is 3.95. The van der Waals surface area contributed by atoms with Crippen LogP contribution in [0.4, 0.5) is 0 Å². The number of hydrogen-bond acceptors (Lipinski definition) is 4. The highest BCUT2D eigenvalue weighted by Gasteiger charge is 2.13. The Labute approximate surface area is 83.7 Å². The van der Waals surface area contributed by atoms with Crippen LogP contribution in [0.25, 0.3) is 0 Å². The smallest absolute Gasteiger partial charge is 0.0772 e. The Morgan fingerprint density at radius 2 is 2.23 bits per heavy atom. The number of aryl methyl sites for hydroxylation is 1. The van der Waals surface area contributed by atoms with E-state index in [1.165, 1.54) is 22.8 Å². The Hall–Kier alpha value is -0.480. The van der Waals surface area contributed by atoms with Gasteiger partial charge >= 0.3 is 0 Å². The van der Waals surface area contributed by atoms with Crippen LogP contribution in [-0.2, 0) is 0 Å². The van der Waals surface area contributed by atoms with Crippen LogP contribution < -0.4 is 5.32 Å². The van der Waals surface area contributed by atoms with Crippen molar-refractivity contribution in [2.75, 3.05) is 6.54 Å². The largest absolute Gasteiger partial charge is 0.309 e. The molecule has 0 amide bonds. The van der Waals surface area contributed by atoms with E-state index in [0.717, 1.165) is 18.7 Å². The maximum Gasteiger partial charge on any atom is 0.0772 e. The van der Waals surface area contributed by atoms with Gasteiger partial charge in [-0.15, -0.1) is 5.10 Å². The monoisotopic (exact) mass is 199 g/mol. The van der Waals surface area contributed by atoms with Crippen molar-refractivity contribution in [3.05, 3.63) is 10.6 Å². The van der Waals surface area contributed by atoms with Crippen LogP contribution >= 0.6 is 11.5 Å². The predicted molar refractivity (Wildman–Crippen MR) is 56.0 cm³/mol. The topological polar surface area (TPSA) is 37.8 Å². The molecule has 0 aromatic carbocycles. The van der Waals surface area contributed by atoms with E-state index in [1.807, 2.05) is 6.92 Å². The highest BCUT2D eigenvalue weighted by Crippen LogP contribution is 2.22. The molecule has 0 saturated carbocycles. The van der Waals surface area contributed by atoms with Crippen molar-refractivity contribution in [2.24, 2.45) is 0 Å². The molecule has 1 heterocycles. The Kier molecular flexibility index (Phi) is 4.32. The molecule has 0 aliphatic carbocycles. The van der Waals surface area contributed by atoms with Crippen molar-refractivity contribution in [1.82, 2.24) is 14.9 Å². The molecule has 1 aromatic heterocycles. The van der Waals surface area contributed by atoms with Gasteiger partial charge in [-0.2, -0.15) is 0 Å². The summed E-state index contributed by atoms with van der Waals surface area (Å²) in [6.07, 6.45) is 2.27. The van der Waals surface area contributed by atoms with Crippen LogP contribution in [0.3, 0.4) is 0 Å². The van der Waals surface area contributed by atoms with Gasteiger partial charge in [-0.1, -0.05) is 18.3 Å². The van der Waals surface area contributed by atoms with Gasteiger partial charge in [0, 0.05) is 6.04 Å². The van der Waals surface area contributed by atoms with Crippen LogP contribution in [0.15, 0.2) is 0 Å². The number of nitrogens with one attached hydrogen (secondary N) is 1. The summed E-state index contributed by atoms with van der Waals surface area (Å²) in [6.45, 7) is 7.45. The summed E-state index contributed by atoms with van der Waals surface area (Å²) in [7, 11) is 0. The van der Waals surface area contributed by atoms with Gasteiger partial charge in [0.25, 0.3) is 0 Å². The van der Waals surface area contributed by atoms with Gasteiger partial charge in [0.15, 0.2) is 0 Å². The minimum absolute atomic E-state index is 0.444. The predicted octanol–water partition coefficient (Wildman–Crippen LogP) is 2.30. The quantitative estimate of drug-likeness (QED) is 0.790. The van der Waals surface area contributed by atoms with Gasteiger partial charge in [-0.25, -0.2) is 0 Å². The van der Waals surface area contributed by atoms with E-state index >= 15 is 0 Å². The van der Waals surface area contributed by atoms with Gasteiger partial charge in [-0.05, 0) is 37.8 Å². The molecule has 74 valence electrons. The Morgan fingerprint density at radius 1 is 1.46 bits per heavy atom. The average Bonchev–Trinajstić information content (AvgIpc) is 2.54. The SMILES string of the molecule is CCCNC(CC)c1snnc1C. The third-order valence-electron chi connectivity index (χ3n) is 2.05. The number of nitrogens with zero attached hydrogens (tertiary/aromatic N) is 2. The molecule has 4 heteroatoms. The van der Waals surface area contributed by atoms with Crippen LogP contribution in [0.1, 0.15) is 43.3 Å². The lowest BCUT2D eigenvalue weighted by atomic mass is 10.1. The molecular formula is C9H17N3S. The minimum atomic E-state index is 0.444. The zero-order valence-corrected chi connectivity index (χ0v) is 9.32. The van der Waals surface area contributed by atoms with Crippen molar-refractivity contribution in [1.29, 1.82) is 0 Å². The summed E-state index contributed by atoms with van der Waals surface area (Å²) in [5.74, 6) is 0. The Bertz CT molecular complexity index is 247. The lowest BCUT2D eigenvalue weighted by molar-refractivity contribution is 0.523. The van der Waals surface area contributed by atoms with Gasteiger partial charge in [0.1, 0.15) is 0 Å². The summed E-state index contributed by atoms with van der Waals surface area (Å²) >= 11 is 1.51. The molecule has 1 atom stereocenters. The van der Waals surface area contributed by atoms with Gasteiger partial charge in [0.05, 0.1) is 10.6 Å². The lowest BCUT2D eigenvalue weighted by Crippen LogP contribution is -2.21. The highest BCUT2D eigenvalue weighted by atomic mass is 32.1. The summed E-state index contributed by atoms with van der Waals surface area (Å²) in [5, 5.41) is 7.51. The van der Waals surface area contributed by atoms with E-state index in [-0.39, 0.29) is 0 Å². The molecule has 3 nitrogen and oxygen atoms in total. The molecular weight excluding hydrogens is 182 g/mol. The second-order valence-electron chi connectivity index (χ2n) is 3.14. The first-order valence-corrected chi connectivity index (χ1v) is 5.59. The second kappa shape index (κ2) is 5.29. The normalized spacial score (nSPS) is 13.2. The number of hydrogen-bond donors (Lipinski definition) is 1. The molecule has 0 aliphatic rings. The van der Waals surface area contributed by atoms with E-state index in [1.54, 1.807) is 0 Å². The third-order valence-corrected chi connectivity index (χ3v) is 2.99. The van der Waals surface area contributed by atoms with E-state index in [0.29, 0.717) is 6.04 Å². The average molecular weight is 199 g/mol. The molecule has 1 N–H and O–H groups in total. The van der Waals surface area contributed by atoms with Gasteiger partial charge < -0.3 is 5.32 Å².